The lowest BCUT2D eigenvalue weighted by atomic mass is 10.1. The van der Waals surface area contributed by atoms with Crippen LogP contribution < -0.4 is 10.6 Å². The van der Waals surface area contributed by atoms with Crippen molar-refractivity contribution in [3.8, 4) is 0 Å². The molecule has 0 aliphatic carbocycles. The van der Waals surface area contributed by atoms with Crippen LogP contribution in [-0.4, -0.2) is 60.0 Å². The van der Waals surface area contributed by atoms with Crippen molar-refractivity contribution >= 4 is 5.96 Å². The lowest BCUT2D eigenvalue weighted by Gasteiger charge is -2.18. The zero-order chi connectivity index (χ0) is 18.6. The van der Waals surface area contributed by atoms with Crippen LogP contribution in [0.4, 0.5) is 13.2 Å². The number of nitrogens with zero attached hydrogens (tertiary/aromatic N) is 4. The Morgan fingerprint density at radius 2 is 2.04 bits per heavy atom. The van der Waals surface area contributed by atoms with Crippen molar-refractivity contribution in [1.82, 2.24) is 25.3 Å². The summed E-state index contributed by atoms with van der Waals surface area (Å²) in [4.78, 5) is 5.65. The number of aliphatic imine (C=N–C) groups is 1. The molecule has 9 heteroatoms. The van der Waals surface area contributed by atoms with Crippen molar-refractivity contribution in [2.24, 2.45) is 18.0 Å². The Balaban J connectivity index is 1.78. The number of nitrogens with one attached hydrogen (secondary N) is 2. The van der Waals surface area contributed by atoms with Gasteiger partial charge in [-0.2, -0.15) is 18.3 Å². The number of likely N-dealkylation sites (tertiary alicyclic amines) is 1. The molecule has 2 heterocycles. The predicted molar refractivity (Wildman–Crippen MR) is 91.5 cm³/mol. The first-order chi connectivity index (χ1) is 11.7. The fourth-order valence-electron chi connectivity index (χ4n) is 3.18. The average molecular weight is 360 g/mol. The standard InChI is InChI=1S/C16H27F3N6/c1-11-14(12(2)24(4)23-11)8-22-15(20-3)21-7-13-5-6-25(9-13)10-16(17,18)19/h13H,5-10H2,1-4H3,(H2,20,21,22). The van der Waals surface area contributed by atoms with Crippen LogP contribution in [0.25, 0.3) is 0 Å². The van der Waals surface area contributed by atoms with Crippen molar-refractivity contribution in [2.75, 3.05) is 33.2 Å². The number of guanidine groups is 1. The molecule has 1 unspecified atom stereocenters. The van der Waals surface area contributed by atoms with Gasteiger partial charge in [-0.25, -0.2) is 0 Å². The van der Waals surface area contributed by atoms with E-state index in [0.717, 1.165) is 23.4 Å². The van der Waals surface area contributed by atoms with Crippen molar-refractivity contribution < 1.29 is 13.2 Å². The van der Waals surface area contributed by atoms with Crippen molar-refractivity contribution in [3.05, 3.63) is 17.0 Å². The van der Waals surface area contributed by atoms with Gasteiger partial charge in [0.15, 0.2) is 5.96 Å². The molecule has 1 aliphatic heterocycles. The van der Waals surface area contributed by atoms with Gasteiger partial charge in [0.2, 0.25) is 0 Å². The van der Waals surface area contributed by atoms with Gasteiger partial charge in [0, 0.05) is 45.0 Å². The zero-order valence-corrected chi connectivity index (χ0v) is 15.2. The maximum Gasteiger partial charge on any atom is 0.401 e. The maximum atomic E-state index is 12.4. The Morgan fingerprint density at radius 1 is 1.32 bits per heavy atom. The number of aromatic nitrogens is 2. The summed E-state index contributed by atoms with van der Waals surface area (Å²) in [5.74, 6) is 0.847. The highest BCUT2D eigenvalue weighted by molar-refractivity contribution is 5.79. The van der Waals surface area contributed by atoms with E-state index in [1.165, 1.54) is 4.90 Å². The number of hydrogen-bond acceptors (Lipinski definition) is 3. The molecular formula is C16H27F3N6. The second-order valence-corrected chi connectivity index (χ2v) is 6.58. The van der Waals surface area contributed by atoms with Crippen LogP contribution in [0.1, 0.15) is 23.4 Å². The van der Waals surface area contributed by atoms with Gasteiger partial charge in [-0.3, -0.25) is 14.6 Å². The highest BCUT2D eigenvalue weighted by Crippen LogP contribution is 2.22. The largest absolute Gasteiger partial charge is 0.401 e. The summed E-state index contributed by atoms with van der Waals surface area (Å²) in [6.07, 6.45) is -3.36. The molecule has 0 saturated carbocycles. The number of halogens is 3. The Hall–Kier alpha value is -1.77. The van der Waals surface area contributed by atoms with Crippen molar-refractivity contribution in [1.29, 1.82) is 0 Å². The molecule has 1 saturated heterocycles. The molecule has 2 N–H and O–H groups in total. The van der Waals surface area contributed by atoms with E-state index in [-0.39, 0.29) is 5.92 Å². The van der Waals surface area contributed by atoms with Crippen molar-refractivity contribution in [3.63, 3.8) is 0 Å². The van der Waals surface area contributed by atoms with E-state index in [2.05, 4.69) is 20.7 Å². The lowest BCUT2D eigenvalue weighted by Crippen LogP contribution is -2.40. The third kappa shape index (κ3) is 5.62. The number of aryl methyl sites for hydroxylation is 2. The zero-order valence-electron chi connectivity index (χ0n) is 15.2. The minimum Gasteiger partial charge on any atom is -0.356 e. The van der Waals surface area contributed by atoms with E-state index in [9.17, 15) is 13.2 Å². The van der Waals surface area contributed by atoms with Crippen LogP contribution in [0.15, 0.2) is 4.99 Å². The Labute approximate surface area is 146 Å². The van der Waals surface area contributed by atoms with Gasteiger partial charge in [-0.15, -0.1) is 0 Å². The van der Waals surface area contributed by atoms with Crippen LogP contribution in [0.3, 0.4) is 0 Å². The second-order valence-electron chi connectivity index (χ2n) is 6.58. The first-order valence-electron chi connectivity index (χ1n) is 8.42. The molecule has 1 aliphatic rings. The molecule has 0 spiro atoms. The molecule has 0 bridgehead atoms. The average Bonchev–Trinajstić information content (AvgIpc) is 3.04. The van der Waals surface area contributed by atoms with Crippen molar-refractivity contribution in [2.45, 2.75) is 33.0 Å². The molecule has 0 aromatic carbocycles. The van der Waals surface area contributed by atoms with Gasteiger partial charge in [-0.05, 0) is 32.7 Å². The van der Waals surface area contributed by atoms with E-state index in [1.54, 1.807) is 7.05 Å². The smallest absolute Gasteiger partial charge is 0.356 e. The summed E-state index contributed by atoms with van der Waals surface area (Å²) in [5.41, 5.74) is 3.20. The summed E-state index contributed by atoms with van der Waals surface area (Å²) >= 11 is 0. The van der Waals surface area contributed by atoms with E-state index < -0.39 is 12.7 Å². The molecule has 2 rings (SSSR count). The lowest BCUT2D eigenvalue weighted by molar-refractivity contribution is -0.143. The van der Waals surface area contributed by atoms with E-state index >= 15 is 0 Å². The molecule has 142 valence electrons. The van der Waals surface area contributed by atoms with Gasteiger partial charge in [-0.1, -0.05) is 0 Å². The second kappa shape index (κ2) is 8.07. The summed E-state index contributed by atoms with van der Waals surface area (Å²) in [6.45, 7) is 5.33. The molecule has 0 amide bonds. The predicted octanol–water partition coefficient (Wildman–Crippen LogP) is 1.59. The highest BCUT2D eigenvalue weighted by atomic mass is 19.4. The number of alkyl halides is 3. The fourth-order valence-corrected chi connectivity index (χ4v) is 3.18. The Bertz CT molecular complexity index is 608. The first kappa shape index (κ1) is 19.6. The number of rotatable bonds is 5. The van der Waals surface area contributed by atoms with E-state index in [4.69, 9.17) is 0 Å². The third-order valence-corrected chi connectivity index (χ3v) is 4.65. The molecular weight excluding hydrogens is 333 g/mol. The quantitative estimate of drug-likeness (QED) is 0.618. The SMILES string of the molecule is CN=C(NCc1c(C)nn(C)c1C)NCC1CCN(CC(F)(F)F)C1. The molecule has 1 aromatic rings. The van der Waals surface area contributed by atoms with Crippen LogP contribution in [0.2, 0.25) is 0 Å². The summed E-state index contributed by atoms with van der Waals surface area (Å²) in [5, 5.41) is 10.8. The summed E-state index contributed by atoms with van der Waals surface area (Å²) in [7, 11) is 3.59. The normalized spacial score (nSPS) is 19.5. The monoisotopic (exact) mass is 360 g/mol. The third-order valence-electron chi connectivity index (χ3n) is 4.65. The molecule has 25 heavy (non-hydrogen) atoms. The maximum absolute atomic E-state index is 12.4. The van der Waals surface area contributed by atoms with Crippen LogP contribution in [0, 0.1) is 19.8 Å². The highest BCUT2D eigenvalue weighted by Gasteiger charge is 2.34. The van der Waals surface area contributed by atoms with Gasteiger partial charge in [0.1, 0.15) is 0 Å². The fraction of sp³-hybridized carbons (Fsp3) is 0.750. The molecule has 1 aromatic heterocycles. The molecule has 0 radical (unpaired) electrons. The Morgan fingerprint density at radius 3 is 2.60 bits per heavy atom. The molecule has 6 nitrogen and oxygen atoms in total. The van der Waals surface area contributed by atoms with Gasteiger partial charge in [0.25, 0.3) is 0 Å². The van der Waals surface area contributed by atoms with E-state index in [0.29, 0.717) is 32.1 Å². The number of hydrogen-bond donors (Lipinski definition) is 2. The Kier molecular flexibility index (Phi) is 6.31. The molecule has 1 fully saturated rings. The minimum absolute atomic E-state index is 0.197. The molecule has 1 atom stereocenters. The van der Waals surface area contributed by atoms with Gasteiger partial charge < -0.3 is 10.6 Å². The summed E-state index contributed by atoms with van der Waals surface area (Å²) < 4.78 is 39.2. The topological polar surface area (TPSA) is 57.5 Å². The van der Waals surface area contributed by atoms with Gasteiger partial charge in [0.05, 0.1) is 12.2 Å². The van der Waals surface area contributed by atoms with E-state index in [1.807, 2.05) is 25.6 Å². The first-order valence-corrected chi connectivity index (χ1v) is 8.42. The summed E-state index contributed by atoms with van der Waals surface area (Å²) in [6, 6.07) is 0. The van der Waals surface area contributed by atoms with Crippen LogP contribution in [0.5, 0.6) is 0 Å². The minimum atomic E-state index is -4.13. The van der Waals surface area contributed by atoms with Gasteiger partial charge >= 0.3 is 6.18 Å². The van der Waals surface area contributed by atoms with Crippen LogP contribution >= 0.6 is 0 Å². The van der Waals surface area contributed by atoms with Crippen LogP contribution in [-0.2, 0) is 13.6 Å².